The molecular weight excluding hydrogens is 272 g/mol. The van der Waals surface area contributed by atoms with E-state index in [4.69, 9.17) is 12.2 Å². The van der Waals surface area contributed by atoms with E-state index in [2.05, 4.69) is 22.4 Å². The predicted octanol–water partition coefficient (Wildman–Crippen LogP) is 3.38. The fraction of sp³-hybridized carbons (Fsp3) is 0.357. The number of rotatable bonds is 6. The van der Waals surface area contributed by atoms with Crippen LogP contribution in [0.1, 0.15) is 36.5 Å². The van der Waals surface area contributed by atoms with Crippen molar-refractivity contribution in [2.45, 2.75) is 32.7 Å². The summed E-state index contributed by atoms with van der Waals surface area (Å²) in [4.78, 5) is 12.1. The maximum Gasteiger partial charge on any atom is 0.258 e. The number of nitrogens with zero attached hydrogens (tertiary/aromatic N) is 2. The Morgan fingerprint density at radius 3 is 2.80 bits per heavy atom. The van der Waals surface area contributed by atoms with Gasteiger partial charge in [0.05, 0.1) is 0 Å². The summed E-state index contributed by atoms with van der Waals surface area (Å²) >= 11 is 5.19. The highest BCUT2D eigenvalue weighted by Gasteiger charge is 2.11. The van der Waals surface area contributed by atoms with E-state index in [0.717, 1.165) is 25.8 Å². The van der Waals surface area contributed by atoms with Crippen molar-refractivity contribution >= 4 is 24.1 Å². The molecule has 0 atom stereocenters. The second kappa shape index (κ2) is 7.00. The average molecular weight is 290 g/mol. The molecule has 0 bridgehead atoms. The first kappa shape index (κ1) is 14.5. The van der Waals surface area contributed by atoms with E-state index in [1.165, 1.54) is 0 Å². The fourth-order valence-electron chi connectivity index (χ4n) is 1.90. The summed E-state index contributed by atoms with van der Waals surface area (Å²) in [5.41, 5.74) is 0.599. The summed E-state index contributed by atoms with van der Waals surface area (Å²) in [5, 5.41) is 9.59. The van der Waals surface area contributed by atoms with Crippen molar-refractivity contribution in [2.24, 2.45) is 0 Å². The van der Waals surface area contributed by atoms with Crippen LogP contribution in [0.2, 0.25) is 0 Å². The lowest BCUT2D eigenvalue weighted by Crippen LogP contribution is -2.16. The summed E-state index contributed by atoms with van der Waals surface area (Å²) in [6.07, 6.45) is 3.27. The molecule has 0 radical (unpaired) electrons. The van der Waals surface area contributed by atoms with Crippen molar-refractivity contribution in [2.75, 3.05) is 5.32 Å². The van der Waals surface area contributed by atoms with Gasteiger partial charge in [0.25, 0.3) is 5.91 Å². The maximum absolute atomic E-state index is 12.1. The molecule has 2 rings (SSSR count). The number of aromatic amines is 1. The van der Waals surface area contributed by atoms with Crippen LogP contribution in [-0.4, -0.2) is 20.7 Å². The van der Waals surface area contributed by atoms with Gasteiger partial charge in [-0.25, -0.2) is 5.10 Å². The van der Waals surface area contributed by atoms with Crippen molar-refractivity contribution in [1.82, 2.24) is 14.8 Å². The number of hydrogen-bond donors (Lipinski definition) is 2. The van der Waals surface area contributed by atoms with Crippen LogP contribution in [0.15, 0.2) is 30.3 Å². The Morgan fingerprint density at radius 1 is 1.35 bits per heavy atom. The number of H-pyrrole nitrogens is 1. The Balaban J connectivity index is 2.10. The van der Waals surface area contributed by atoms with Crippen LogP contribution in [0.3, 0.4) is 0 Å². The Kier molecular flexibility index (Phi) is 5.06. The number of carbonyl (C=O) groups excluding carboxylic acids is 1. The molecule has 2 N–H and O–H groups in total. The fourth-order valence-corrected chi connectivity index (χ4v) is 2.13. The van der Waals surface area contributed by atoms with Crippen LogP contribution in [0, 0.1) is 4.77 Å². The van der Waals surface area contributed by atoms with Crippen LogP contribution in [-0.2, 0) is 6.54 Å². The number of amides is 1. The normalized spacial score (nSPS) is 10.4. The second-order valence-corrected chi connectivity index (χ2v) is 4.92. The first-order valence-corrected chi connectivity index (χ1v) is 7.14. The molecule has 1 aromatic carbocycles. The van der Waals surface area contributed by atoms with Crippen LogP contribution >= 0.6 is 12.2 Å². The molecule has 1 aromatic heterocycles. The van der Waals surface area contributed by atoms with Crippen LogP contribution in [0.4, 0.5) is 5.95 Å². The van der Waals surface area contributed by atoms with Crippen molar-refractivity contribution in [1.29, 1.82) is 0 Å². The molecular formula is C14H18N4OS. The summed E-state index contributed by atoms with van der Waals surface area (Å²) in [6, 6.07) is 9.05. The van der Waals surface area contributed by atoms with E-state index >= 15 is 0 Å². The van der Waals surface area contributed by atoms with Gasteiger partial charge in [-0.3, -0.25) is 14.7 Å². The molecule has 1 heterocycles. The van der Waals surface area contributed by atoms with Gasteiger partial charge in [0.2, 0.25) is 5.95 Å². The highest BCUT2D eigenvalue weighted by molar-refractivity contribution is 7.71. The second-order valence-electron chi connectivity index (χ2n) is 4.53. The van der Waals surface area contributed by atoms with Crippen LogP contribution < -0.4 is 5.32 Å². The molecule has 0 aliphatic heterocycles. The summed E-state index contributed by atoms with van der Waals surface area (Å²) < 4.78 is 2.36. The number of benzene rings is 1. The van der Waals surface area contributed by atoms with Gasteiger partial charge >= 0.3 is 0 Å². The number of unbranched alkanes of at least 4 members (excludes halogenated alkanes) is 2. The Bertz CT molecular complexity index is 618. The zero-order chi connectivity index (χ0) is 14.4. The molecule has 2 aromatic rings. The molecule has 0 fully saturated rings. The van der Waals surface area contributed by atoms with Crippen molar-refractivity contribution in [3.63, 3.8) is 0 Å². The third-order valence-electron chi connectivity index (χ3n) is 3.00. The third-order valence-corrected chi connectivity index (χ3v) is 3.32. The lowest BCUT2D eigenvalue weighted by Gasteiger charge is -2.07. The van der Waals surface area contributed by atoms with Gasteiger partial charge in [0.15, 0.2) is 4.77 Å². The standard InChI is InChI=1S/C14H18N4OS/c1-2-3-7-10-18-13(16-17-14(18)20)15-12(19)11-8-5-4-6-9-11/h4-6,8-9H,2-3,7,10H2,1H3,(H,17,20)(H,15,16,19). The van der Waals surface area contributed by atoms with Crippen LogP contribution in [0.5, 0.6) is 0 Å². The van der Waals surface area contributed by atoms with Gasteiger partial charge in [-0.15, -0.1) is 5.10 Å². The topological polar surface area (TPSA) is 62.7 Å². The largest absolute Gasteiger partial charge is 0.291 e. The maximum atomic E-state index is 12.1. The average Bonchev–Trinajstić information content (AvgIpc) is 2.81. The van der Waals surface area contributed by atoms with E-state index in [0.29, 0.717) is 16.3 Å². The van der Waals surface area contributed by atoms with Gasteiger partial charge in [-0.05, 0) is 30.8 Å². The van der Waals surface area contributed by atoms with E-state index in [-0.39, 0.29) is 5.91 Å². The highest BCUT2D eigenvalue weighted by atomic mass is 32.1. The number of anilines is 1. The Hall–Kier alpha value is -1.95. The summed E-state index contributed by atoms with van der Waals surface area (Å²) in [6.45, 7) is 2.90. The SMILES string of the molecule is CCCCCn1c(NC(=O)c2ccccc2)n[nH]c1=S. The van der Waals surface area contributed by atoms with E-state index in [1.807, 2.05) is 22.8 Å². The highest BCUT2D eigenvalue weighted by Crippen LogP contribution is 2.09. The van der Waals surface area contributed by atoms with E-state index < -0.39 is 0 Å². The van der Waals surface area contributed by atoms with Crippen molar-refractivity contribution < 1.29 is 4.79 Å². The minimum absolute atomic E-state index is 0.184. The Labute approximate surface area is 123 Å². The molecule has 5 nitrogen and oxygen atoms in total. The molecule has 20 heavy (non-hydrogen) atoms. The first-order valence-electron chi connectivity index (χ1n) is 6.74. The smallest absolute Gasteiger partial charge is 0.258 e. The molecule has 0 saturated carbocycles. The summed E-state index contributed by atoms with van der Waals surface area (Å²) in [5.74, 6) is 0.288. The quantitative estimate of drug-likeness (QED) is 0.633. The minimum atomic E-state index is -0.184. The predicted molar refractivity (Wildman–Crippen MR) is 81.3 cm³/mol. The number of nitrogens with one attached hydrogen (secondary N) is 2. The molecule has 106 valence electrons. The lowest BCUT2D eigenvalue weighted by molar-refractivity contribution is 0.102. The first-order chi connectivity index (χ1) is 9.72. The molecule has 0 aliphatic carbocycles. The van der Waals surface area contributed by atoms with Gasteiger partial charge in [0.1, 0.15) is 0 Å². The molecule has 0 unspecified atom stereocenters. The molecule has 0 saturated heterocycles. The van der Waals surface area contributed by atoms with Crippen molar-refractivity contribution in [3.05, 3.63) is 40.7 Å². The monoisotopic (exact) mass is 290 g/mol. The van der Waals surface area contributed by atoms with Gasteiger partial charge < -0.3 is 0 Å². The minimum Gasteiger partial charge on any atom is -0.291 e. The summed E-state index contributed by atoms with van der Waals surface area (Å²) in [7, 11) is 0. The number of hydrogen-bond acceptors (Lipinski definition) is 3. The van der Waals surface area contributed by atoms with E-state index in [9.17, 15) is 4.79 Å². The van der Waals surface area contributed by atoms with Crippen molar-refractivity contribution in [3.8, 4) is 0 Å². The lowest BCUT2D eigenvalue weighted by atomic mass is 10.2. The third kappa shape index (κ3) is 3.54. The van der Waals surface area contributed by atoms with E-state index in [1.54, 1.807) is 12.1 Å². The van der Waals surface area contributed by atoms with Gasteiger partial charge in [0, 0.05) is 12.1 Å². The Morgan fingerprint density at radius 2 is 2.10 bits per heavy atom. The molecule has 0 aliphatic rings. The van der Waals surface area contributed by atoms with Crippen LogP contribution in [0.25, 0.3) is 0 Å². The zero-order valence-corrected chi connectivity index (χ0v) is 12.2. The molecule has 0 spiro atoms. The number of aromatic nitrogens is 3. The van der Waals surface area contributed by atoms with Gasteiger partial charge in [-0.1, -0.05) is 38.0 Å². The molecule has 1 amide bonds. The number of carbonyl (C=O) groups is 1. The van der Waals surface area contributed by atoms with Gasteiger partial charge in [-0.2, -0.15) is 0 Å². The zero-order valence-electron chi connectivity index (χ0n) is 11.4. The molecule has 6 heteroatoms.